The molecule has 3 heteroatoms. The van der Waals surface area contributed by atoms with E-state index >= 15 is 0 Å². The summed E-state index contributed by atoms with van der Waals surface area (Å²) in [6.45, 7) is 6.53. The number of fused-ring (bicyclic) bond motifs is 1. The van der Waals surface area contributed by atoms with E-state index in [1.54, 1.807) is 0 Å². The van der Waals surface area contributed by atoms with Crippen LogP contribution in [0.25, 0.3) is 0 Å². The van der Waals surface area contributed by atoms with Gasteiger partial charge >= 0.3 is 0 Å². The Hall–Kier alpha value is -0.570. The average molecular weight is 264 g/mol. The van der Waals surface area contributed by atoms with Gasteiger partial charge in [-0.15, -0.1) is 0 Å². The van der Waals surface area contributed by atoms with Gasteiger partial charge in [-0.3, -0.25) is 4.79 Å². The molecule has 3 rings (SSSR count). The van der Waals surface area contributed by atoms with Crippen molar-refractivity contribution in [1.82, 2.24) is 10.2 Å². The molecule has 19 heavy (non-hydrogen) atoms. The molecule has 0 bridgehead atoms. The van der Waals surface area contributed by atoms with E-state index in [-0.39, 0.29) is 6.04 Å². The Morgan fingerprint density at radius 3 is 2.68 bits per heavy atom. The number of likely N-dealkylation sites (tertiary alicyclic amines) is 1. The van der Waals surface area contributed by atoms with Crippen molar-refractivity contribution in [3.63, 3.8) is 0 Å². The average Bonchev–Trinajstić information content (AvgIpc) is 3.04. The van der Waals surface area contributed by atoms with Gasteiger partial charge in [0.15, 0.2) is 0 Å². The maximum atomic E-state index is 12.6. The molecule has 2 saturated heterocycles. The van der Waals surface area contributed by atoms with Crippen LogP contribution < -0.4 is 5.32 Å². The molecule has 2 heterocycles. The molecule has 3 fully saturated rings. The van der Waals surface area contributed by atoms with Gasteiger partial charge in [-0.1, -0.05) is 26.7 Å². The number of hydrogen-bond acceptors (Lipinski definition) is 2. The third-order valence-corrected chi connectivity index (χ3v) is 5.64. The molecular formula is C16H28N2O. The quantitative estimate of drug-likeness (QED) is 0.830. The van der Waals surface area contributed by atoms with Crippen molar-refractivity contribution in [2.45, 2.75) is 64.5 Å². The summed E-state index contributed by atoms with van der Waals surface area (Å²) in [4.78, 5) is 14.7. The second-order valence-electron chi connectivity index (χ2n) is 7.18. The van der Waals surface area contributed by atoms with Gasteiger partial charge < -0.3 is 10.2 Å². The highest BCUT2D eigenvalue weighted by Gasteiger charge is 2.41. The lowest BCUT2D eigenvalue weighted by Gasteiger charge is -2.24. The Morgan fingerprint density at radius 1 is 1.21 bits per heavy atom. The Bertz CT molecular complexity index is 328. The normalized spacial score (nSPS) is 38.8. The lowest BCUT2D eigenvalue weighted by atomic mass is 9.85. The van der Waals surface area contributed by atoms with E-state index in [1.165, 1.54) is 32.1 Å². The van der Waals surface area contributed by atoms with Crippen LogP contribution in [0.15, 0.2) is 0 Å². The topological polar surface area (TPSA) is 32.3 Å². The Kier molecular flexibility index (Phi) is 3.84. The standard InChI is InChI=1S/C16H28N2O/c1-11(2)13-7-8-18(10-13)16(19)15-9-12-5-3-4-6-14(12)17-15/h11-15,17H,3-10H2,1-2H3. The van der Waals surface area contributed by atoms with E-state index in [0.29, 0.717) is 23.8 Å². The fourth-order valence-electron chi connectivity index (χ4n) is 4.26. The minimum Gasteiger partial charge on any atom is -0.341 e. The summed E-state index contributed by atoms with van der Waals surface area (Å²) in [7, 11) is 0. The molecule has 2 aliphatic heterocycles. The number of carbonyl (C=O) groups is 1. The molecule has 4 atom stereocenters. The number of carbonyl (C=O) groups excluding carboxylic acids is 1. The summed E-state index contributed by atoms with van der Waals surface area (Å²) in [5, 5.41) is 3.62. The van der Waals surface area contributed by atoms with Crippen LogP contribution in [0.3, 0.4) is 0 Å². The Labute approximate surface area is 117 Å². The number of nitrogens with one attached hydrogen (secondary N) is 1. The van der Waals surface area contributed by atoms with Gasteiger partial charge in [-0.05, 0) is 43.4 Å². The molecular weight excluding hydrogens is 236 g/mol. The van der Waals surface area contributed by atoms with Gasteiger partial charge in [0.1, 0.15) is 0 Å². The van der Waals surface area contributed by atoms with Crippen LogP contribution in [-0.2, 0) is 4.79 Å². The second-order valence-corrected chi connectivity index (χ2v) is 7.18. The monoisotopic (exact) mass is 264 g/mol. The minimum absolute atomic E-state index is 0.124. The van der Waals surface area contributed by atoms with Gasteiger partial charge in [-0.25, -0.2) is 0 Å². The molecule has 108 valence electrons. The van der Waals surface area contributed by atoms with E-state index in [9.17, 15) is 4.79 Å². The Balaban J connectivity index is 1.57. The van der Waals surface area contributed by atoms with E-state index < -0.39 is 0 Å². The lowest BCUT2D eigenvalue weighted by molar-refractivity contribution is -0.132. The van der Waals surface area contributed by atoms with Crippen molar-refractivity contribution in [2.75, 3.05) is 13.1 Å². The van der Waals surface area contributed by atoms with E-state index in [0.717, 1.165) is 25.4 Å². The van der Waals surface area contributed by atoms with Gasteiger partial charge in [0.05, 0.1) is 6.04 Å². The van der Waals surface area contributed by atoms with E-state index in [4.69, 9.17) is 0 Å². The highest BCUT2D eigenvalue weighted by atomic mass is 16.2. The van der Waals surface area contributed by atoms with Crippen molar-refractivity contribution < 1.29 is 4.79 Å². The molecule has 0 aromatic carbocycles. The van der Waals surface area contributed by atoms with Crippen LogP contribution in [0.1, 0.15) is 52.4 Å². The molecule has 0 aromatic heterocycles. The predicted molar refractivity (Wildman–Crippen MR) is 76.8 cm³/mol. The van der Waals surface area contributed by atoms with Gasteiger partial charge in [-0.2, -0.15) is 0 Å². The first kappa shape index (κ1) is 13.4. The molecule has 1 aliphatic carbocycles. The van der Waals surface area contributed by atoms with Crippen LogP contribution in [0.4, 0.5) is 0 Å². The van der Waals surface area contributed by atoms with Crippen LogP contribution in [0, 0.1) is 17.8 Å². The maximum absolute atomic E-state index is 12.6. The minimum atomic E-state index is 0.124. The van der Waals surface area contributed by atoms with E-state index in [1.807, 2.05) is 0 Å². The Morgan fingerprint density at radius 2 is 2.00 bits per heavy atom. The van der Waals surface area contributed by atoms with Crippen LogP contribution in [0.5, 0.6) is 0 Å². The summed E-state index contributed by atoms with van der Waals surface area (Å²) in [5.41, 5.74) is 0. The highest BCUT2D eigenvalue weighted by molar-refractivity contribution is 5.82. The summed E-state index contributed by atoms with van der Waals surface area (Å²) in [5.74, 6) is 2.58. The van der Waals surface area contributed by atoms with E-state index in [2.05, 4.69) is 24.1 Å². The SMILES string of the molecule is CC(C)C1CCN(C(=O)C2CC3CCCCC3N2)C1. The molecule has 3 nitrogen and oxygen atoms in total. The number of nitrogens with zero attached hydrogens (tertiary/aromatic N) is 1. The molecule has 1 N–H and O–H groups in total. The van der Waals surface area contributed by atoms with Gasteiger partial charge in [0.25, 0.3) is 0 Å². The van der Waals surface area contributed by atoms with Crippen molar-refractivity contribution in [2.24, 2.45) is 17.8 Å². The first-order valence-electron chi connectivity index (χ1n) is 8.20. The third kappa shape index (κ3) is 2.67. The highest BCUT2D eigenvalue weighted by Crippen LogP contribution is 2.34. The molecule has 1 amide bonds. The van der Waals surface area contributed by atoms with Gasteiger partial charge in [0.2, 0.25) is 5.91 Å². The largest absolute Gasteiger partial charge is 0.341 e. The summed E-state index contributed by atoms with van der Waals surface area (Å²) >= 11 is 0. The first-order chi connectivity index (χ1) is 9.15. The van der Waals surface area contributed by atoms with Crippen LogP contribution in [0.2, 0.25) is 0 Å². The number of amides is 1. The third-order valence-electron chi connectivity index (χ3n) is 5.64. The molecule has 1 saturated carbocycles. The van der Waals surface area contributed by atoms with Crippen molar-refractivity contribution in [3.05, 3.63) is 0 Å². The zero-order valence-electron chi connectivity index (χ0n) is 12.4. The molecule has 0 radical (unpaired) electrons. The number of hydrogen-bond donors (Lipinski definition) is 1. The smallest absolute Gasteiger partial charge is 0.239 e. The fraction of sp³-hybridized carbons (Fsp3) is 0.938. The fourth-order valence-corrected chi connectivity index (χ4v) is 4.26. The molecule has 0 aromatic rings. The lowest BCUT2D eigenvalue weighted by Crippen LogP contribution is -2.44. The zero-order chi connectivity index (χ0) is 13.4. The van der Waals surface area contributed by atoms with Crippen molar-refractivity contribution in [1.29, 1.82) is 0 Å². The number of rotatable bonds is 2. The van der Waals surface area contributed by atoms with Crippen LogP contribution >= 0.6 is 0 Å². The summed E-state index contributed by atoms with van der Waals surface area (Å²) in [6, 6.07) is 0.755. The maximum Gasteiger partial charge on any atom is 0.239 e. The summed E-state index contributed by atoms with van der Waals surface area (Å²) in [6.07, 6.45) is 7.60. The summed E-state index contributed by atoms with van der Waals surface area (Å²) < 4.78 is 0. The second kappa shape index (κ2) is 5.43. The van der Waals surface area contributed by atoms with Crippen LogP contribution in [-0.4, -0.2) is 36.0 Å². The van der Waals surface area contributed by atoms with Gasteiger partial charge in [0, 0.05) is 19.1 Å². The molecule has 4 unspecified atom stereocenters. The predicted octanol–water partition coefficient (Wildman–Crippen LogP) is 2.41. The molecule has 0 spiro atoms. The first-order valence-corrected chi connectivity index (χ1v) is 8.20. The van der Waals surface area contributed by atoms with Crippen molar-refractivity contribution >= 4 is 5.91 Å². The van der Waals surface area contributed by atoms with Crippen molar-refractivity contribution in [3.8, 4) is 0 Å². The molecule has 3 aliphatic rings. The zero-order valence-corrected chi connectivity index (χ0v) is 12.4.